The molecule has 1 saturated heterocycles. The zero-order valence-electron chi connectivity index (χ0n) is 7.71. The first kappa shape index (κ1) is 10.6. The third kappa shape index (κ3) is 3.40. The minimum Gasteiger partial charge on any atom is -0.386 e. The van der Waals surface area contributed by atoms with Gasteiger partial charge < -0.3 is 10.0 Å². The van der Waals surface area contributed by atoms with E-state index in [0.717, 1.165) is 19.2 Å². The summed E-state index contributed by atoms with van der Waals surface area (Å²) in [6.07, 6.45) is 0.610. The van der Waals surface area contributed by atoms with Gasteiger partial charge in [-0.2, -0.15) is 0 Å². The molecule has 4 heteroatoms. The molecule has 0 bridgehead atoms. The molecule has 0 unspecified atom stereocenters. The molecule has 0 aromatic carbocycles. The van der Waals surface area contributed by atoms with Gasteiger partial charge in [-0.3, -0.25) is 0 Å². The number of halogens is 2. The molecule has 1 aliphatic rings. The molecule has 0 spiro atoms. The molecule has 1 aliphatic heterocycles. The molecule has 0 saturated carbocycles. The first-order chi connectivity index (χ1) is 6.02. The second-order valence-electron chi connectivity index (χ2n) is 3.60. The Morgan fingerprint density at radius 2 is 1.92 bits per heavy atom. The Morgan fingerprint density at radius 3 is 2.38 bits per heavy atom. The van der Waals surface area contributed by atoms with Crippen LogP contribution in [0.15, 0.2) is 12.2 Å². The average molecular weight is 191 g/mol. The standard InChI is InChI=1S/C9H15F2NO/c1-12-6-4-9(13,5-7-12)3-2-8(10)11/h2-3,8,13H,4-7H2,1H3/b3-2+. The lowest BCUT2D eigenvalue weighted by Crippen LogP contribution is -2.41. The molecule has 0 aromatic heterocycles. The Kier molecular flexibility index (Phi) is 3.39. The summed E-state index contributed by atoms with van der Waals surface area (Å²) in [6, 6.07) is 0. The second kappa shape index (κ2) is 4.15. The van der Waals surface area contributed by atoms with E-state index in [0.29, 0.717) is 12.8 Å². The van der Waals surface area contributed by atoms with E-state index in [1.165, 1.54) is 6.08 Å². The molecule has 1 rings (SSSR count). The number of alkyl halides is 2. The van der Waals surface area contributed by atoms with Crippen molar-refractivity contribution in [1.82, 2.24) is 4.90 Å². The monoisotopic (exact) mass is 191 g/mol. The van der Waals surface area contributed by atoms with Gasteiger partial charge in [-0.25, -0.2) is 8.78 Å². The molecule has 0 aromatic rings. The van der Waals surface area contributed by atoms with Crippen LogP contribution in [0.25, 0.3) is 0 Å². The molecule has 1 heterocycles. The van der Waals surface area contributed by atoms with Crippen LogP contribution in [0.4, 0.5) is 8.78 Å². The topological polar surface area (TPSA) is 23.5 Å². The van der Waals surface area contributed by atoms with Gasteiger partial charge in [0, 0.05) is 13.1 Å². The molecule has 2 nitrogen and oxygen atoms in total. The molecule has 13 heavy (non-hydrogen) atoms. The fourth-order valence-corrected chi connectivity index (χ4v) is 1.42. The number of rotatable bonds is 2. The minimum absolute atomic E-state index is 0.534. The lowest BCUT2D eigenvalue weighted by Gasteiger charge is -2.34. The molecule has 0 amide bonds. The summed E-state index contributed by atoms with van der Waals surface area (Å²) in [5.41, 5.74) is -1.01. The molecule has 1 fully saturated rings. The van der Waals surface area contributed by atoms with E-state index >= 15 is 0 Å². The molecular weight excluding hydrogens is 176 g/mol. The maximum Gasteiger partial charge on any atom is 0.257 e. The van der Waals surface area contributed by atoms with E-state index in [2.05, 4.69) is 4.90 Å². The molecule has 0 radical (unpaired) electrons. The number of nitrogens with zero attached hydrogens (tertiary/aromatic N) is 1. The van der Waals surface area contributed by atoms with Crippen molar-refractivity contribution in [2.24, 2.45) is 0 Å². The van der Waals surface area contributed by atoms with Gasteiger partial charge in [-0.15, -0.1) is 0 Å². The third-order valence-corrected chi connectivity index (χ3v) is 2.40. The summed E-state index contributed by atoms with van der Waals surface area (Å²) in [5, 5.41) is 9.79. The van der Waals surface area contributed by atoms with E-state index in [-0.39, 0.29) is 0 Å². The summed E-state index contributed by atoms with van der Waals surface area (Å²) in [7, 11) is 1.95. The van der Waals surface area contributed by atoms with Gasteiger partial charge in [0.25, 0.3) is 6.43 Å². The van der Waals surface area contributed by atoms with Crippen molar-refractivity contribution in [3.8, 4) is 0 Å². The van der Waals surface area contributed by atoms with Crippen molar-refractivity contribution in [3.05, 3.63) is 12.2 Å². The smallest absolute Gasteiger partial charge is 0.257 e. The summed E-state index contributed by atoms with van der Waals surface area (Å²) in [6.45, 7) is 1.51. The number of likely N-dealkylation sites (tertiary alicyclic amines) is 1. The van der Waals surface area contributed by atoms with E-state index in [4.69, 9.17) is 0 Å². The van der Waals surface area contributed by atoms with Crippen LogP contribution in [0.1, 0.15) is 12.8 Å². The fraction of sp³-hybridized carbons (Fsp3) is 0.778. The van der Waals surface area contributed by atoms with Gasteiger partial charge in [0.05, 0.1) is 5.60 Å². The SMILES string of the molecule is CN1CCC(O)(/C=C/C(F)F)CC1. The van der Waals surface area contributed by atoms with Crippen molar-refractivity contribution in [1.29, 1.82) is 0 Å². The molecule has 0 atom stereocenters. The highest BCUT2D eigenvalue weighted by molar-refractivity contribution is 5.04. The van der Waals surface area contributed by atoms with Gasteiger partial charge in [0.15, 0.2) is 0 Å². The normalized spacial score (nSPS) is 24.4. The molecule has 76 valence electrons. The zero-order chi connectivity index (χ0) is 9.90. The quantitative estimate of drug-likeness (QED) is 0.664. The van der Waals surface area contributed by atoms with Gasteiger partial charge in [-0.05, 0) is 26.0 Å². The number of hydrogen-bond acceptors (Lipinski definition) is 2. The van der Waals surface area contributed by atoms with Gasteiger partial charge in [-0.1, -0.05) is 6.08 Å². The van der Waals surface area contributed by atoms with Crippen LogP contribution in [0, 0.1) is 0 Å². The van der Waals surface area contributed by atoms with Crippen molar-refractivity contribution in [2.75, 3.05) is 20.1 Å². The van der Waals surface area contributed by atoms with Crippen LogP contribution in [-0.4, -0.2) is 42.2 Å². The largest absolute Gasteiger partial charge is 0.386 e. The summed E-state index contributed by atoms with van der Waals surface area (Å²) < 4.78 is 23.7. The van der Waals surface area contributed by atoms with Crippen LogP contribution in [0.3, 0.4) is 0 Å². The highest BCUT2D eigenvalue weighted by Crippen LogP contribution is 2.23. The number of allylic oxidation sites excluding steroid dienone is 1. The van der Waals surface area contributed by atoms with Gasteiger partial charge in [0.1, 0.15) is 0 Å². The molecule has 0 aliphatic carbocycles. The Balaban J connectivity index is 2.47. The predicted molar refractivity (Wildman–Crippen MR) is 46.8 cm³/mol. The van der Waals surface area contributed by atoms with Crippen molar-refractivity contribution < 1.29 is 13.9 Å². The van der Waals surface area contributed by atoms with Crippen LogP contribution in [-0.2, 0) is 0 Å². The Labute approximate surface area is 76.8 Å². The van der Waals surface area contributed by atoms with Crippen molar-refractivity contribution >= 4 is 0 Å². The van der Waals surface area contributed by atoms with E-state index in [1.54, 1.807) is 0 Å². The van der Waals surface area contributed by atoms with Crippen LogP contribution in [0.2, 0.25) is 0 Å². The van der Waals surface area contributed by atoms with Crippen LogP contribution < -0.4 is 0 Å². The zero-order valence-corrected chi connectivity index (χ0v) is 7.71. The minimum atomic E-state index is -2.47. The van der Waals surface area contributed by atoms with Crippen LogP contribution in [0.5, 0.6) is 0 Å². The lowest BCUT2D eigenvalue weighted by molar-refractivity contribution is 0.0252. The van der Waals surface area contributed by atoms with Gasteiger partial charge in [0.2, 0.25) is 0 Å². The molecular formula is C9H15F2NO. The number of piperidine rings is 1. The fourth-order valence-electron chi connectivity index (χ4n) is 1.42. The van der Waals surface area contributed by atoms with Gasteiger partial charge >= 0.3 is 0 Å². The highest BCUT2D eigenvalue weighted by Gasteiger charge is 2.28. The number of aliphatic hydroxyl groups is 1. The lowest BCUT2D eigenvalue weighted by atomic mass is 9.91. The van der Waals surface area contributed by atoms with E-state index < -0.39 is 12.0 Å². The maximum absolute atomic E-state index is 11.8. The Bertz CT molecular complexity index is 186. The first-order valence-corrected chi connectivity index (χ1v) is 4.40. The van der Waals surface area contributed by atoms with Crippen LogP contribution >= 0.6 is 0 Å². The Morgan fingerprint density at radius 1 is 1.38 bits per heavy atom. The second-order valence-corrected chi connectivity index (χ2v) is 3.60. The molecule has 1 N–H and O–H groups in total. The maximum atomic E-state index is 11.8. The third-order valence-electron chi connectivity index (χ3n) is 2.40. The summed E-state index contributed by atoms with van der Waals surface area (Å²) in [5.74, 6) is 0. The summed E-state index contributed by atoms with van der Waals surface area (Å²) in [4.78, 5) is 2.07. The van der Waals surface area contributed by atoms with Crippen molar-refractivity contribution in [3.63, 3.8) is 0 Å². The van der Waals surface area contributed by atoms with E-state index in [1.807, 2.05) is 7.05 Å². The van der Waals surface area contributed by atoms with E-state index in [9.17, 15) is 13.9 Å². The average Bonchev–Trinajstić information content (AvgIpc) is 2.08. The first-order valence-electron chi connectivity index (χ1n) is 4.40. The van der Waals surface area contributed by atoms with Crippen molar-refractivity contribution in [2.45, 2.75) is 24.9 Å². The number of hydrogen-bond donors (Lipinski definition) is 1. The Hall–Kier alpha value is -0.480. The summed E-state index contributed by atoms with van der Waals surface area (Å²) >= 11 is 0. The predicted octanol–water partition coefficient (Wildman–Crippen LogP) is 1.26. The highest BCUT2D eigenvalue weighted by atomic mass is 19.3.